The zero-order valence-electron chi connectivity index (χ0n) is 16.7. The van der Waals surface area contributed by atoms with Crippen LogP contribution in [-0.2, 0) is 22.4 Å². The van der Waals surface area contributed by atoms with Gasteiger partial charge in [0.2, 0.25) is 5.91 Å². The third kappa shape index (κ3) is 4.12. The molecule has 1 atom stereocenters. The number of hydrogen-bond acceptors (Lipinski definition) is 6. The second-order valence-corrected chi connectivity index (χ2v) is 8.84. The fourth-order valence-corrected chi connectivity index (χ4v) is 5.22. The molecule has 1 aliphatic rings. The van der Waals surface area contributed by atoms with Crippen LogP contribution in [0.4, 0.5) is 15.9 Å². The maximum absolute atomic E-state index is 13.5. The van der Waals surface area contributed by atoms with Crippen LogP contribution in [0.25, 0.3) is 10.2 Å². The number of methoxy groups -OCH3 is 1. The number of hydrogen-bond donors (Lipinski definition) is 1. The third-order valence-electron chi connectivity index (χ3n) is 5.38. The van der Waals surface area contributed by atoms with Crippen LogP contribution in [0.15, 0.2) is 24.5 Å². The van der Waals surface area contributed by atoms with Crippen molar-refractivity contribution in [2.45, 2.75) is 19.3 Å². The van der Waals surface area contributed by atoms with E-state index in [-0.39, 0.29) is 16.8 Å². The van der Waals surface area contributed by atoms with Crippen LogP contribution in [0.3, 0.4) is 0 Å². The third-order valence-corrected chi connectivity index (χ3v) is 6.84. The summed E-state index contributed by atoms with van der Waals surface area (Å²) in [5.74, 6) is 0.324. The van der Waals surface area contributed by atoms with Gasteiger partial charge in [-0.2, -0.15) is 0 Å². The van der Waals surface area contributed by atoms with E-state index in [2.05, 4.69) is 15.3 Å². The Morgan fingerprint density at radius 3 is 3.03 bits per heavy atom. The molecule has 0 fully saturated rings. The molecule has 6 nitrogen and oxygen atoms in total. The van der Waals surface area contributed by atoms with E-state index >= 15 is 0 Å². The molecule has 0 saturated heterocycles. The second-order valence-electron chi connectivity index (χ2n) is 7.35. The molecule has 0 saturated carbocycles. The number of halogens is 2. The van der Waals surface area contributed by atoms with Gasteiger partial charge in [0.1, 0.15) is 22.8 Å². The molecule has 158 valence electrons. The first-order chi connectivity index (χ1) is 14.5. The van der Waals surface area contributed by atoms with Crippen molar-refractivity contribution in [2.24, 2.45) is 5.92 Å². The molecule has 1 unspecified atom stereocenters. The quantitative estimate of drug-likeness (QED) is 0.604. The van der Waals surface area contributed by atoms with Gasteiger partial charge in [0.05, 0.1) is 17.0 Å². The summed E-state index contributed by atoms with van der Waals surface area (Å²) >= 11 is 7.51. The van der Waals surface area contributed by atoms with E-state index < -0.39 is 5.82 Å². The van der Waals surface area contributed by atoms with Crippen LogP contribution in [0.2, 0.25) is 5.02 Å². The Balaban J connectivity index is 1.60. The van der Waals surface area contributed by atoms with Crippen molar-refractivity contribution >= 4 is 50.6 Å². The van der Waals surface area contributed by atoms with Crippen LogP contribution in [-0.4, -0.2) is 48.1 Å². The molecular formula is C21H22ClFN4O2S. The summed E-state index contributed by atoms with van der Waals surface area (Å²) in [7, 11) is 3.46. The maximum Gasteiger partial charge on any atom is 0.225 e. The summed E-state index contributed by atoms with van der Waals surface area (Å²) in [6.07, 6.45) is 3.79. The fourth-order valence-electron chi connectivity index (χ4n) is 3.78. The molecule has 1 amide bonds. The van der Waals surface area contributed by atoms with Crippen LogP contribution in [0, 0.1) is 11.7 Å². The SMILES string of the molecule is COCCN(C)C(=O)C1CCc2c(sc3ncnc(Nc4ccc(F)c(Cl)c4)c23)C1. The Labute approximate surface area is 183 Å². The van der Waals surface area contributed by atoms with Crippen LogP contribution < -0.4 is 5.32 Å². The van der Waals surface area contributed by atoms with E-state index in [9.17, 15) is 9.18 Å². The molecule has 1 aliphatic carbocycles. The van der Waals surface area contributed by atoms with Gasteiger partial charge in [0.15, 0.2) is 0 Å². The van der Waals surface area contributed by atoms with E-state index in [1.54, 1.807) is 29.4 Å². The van der Waals surface area contributed by atoms with E-state index in [4.69, 9.17) is 16.3 Å². The van der Waals surface area contributed by atoms with Gasteiger partial charge in [0.25, 0.3) is 0 Å². The number of benzene rings is 1. The van der Waals surface area contributed by atoms with Crippen molar-refractivity contribution in [1.82, 2.24) is 14.9 Å². The van der Waals surface area contributed by atoms with E-state index in [1.807, 2.05) is 7.05 Å². The molecule has 2 aromatic heterocycles. The van der Waals surface area contributed by atoms with Crippen molar-refractivity contribution < 1.29 is 13.9 Å². The van der Waals surface area contributed by atoms with Gasteiger partial charge in [-0.15, -0.1) is 11.3 Å². The van der Waals surface area contributed by atoms with Crippen molar-refractivity contribution in [3.05, 3.63) is 45.8 Å². The molecule has 2 heterocycles. The second kappa shape index (κ2) is 8.83. The van der Waals surface area contributed by atoms with Crippen molar-refractivity contribution in [2.75, 3.05) is 32.6 Å². The first kappa shape index (κ1) is 21.0. The Kier molecular flexibility index (Phi) is 6.17. The first-order valence-electron chi connectivity index (χ1n) is 9.69. The number of fused-ring (bicyclic) bond motifs is 3. The number of aryl methyl sites for hydroxylation is 1. The van der Waals surface area contributed by atoms with Gasteiger partial charge >= 0.3 is 0 Å². The Hall–Kier alpha value is -2.29. The predicted octanol–water partition coefficient (Wildman–Crippen LogP) is 4.44. The summed E-state index contributed by atoms with van der Waals surface area (Å²) in [5, 5.41) is 4.26. The number of carbonyl (C=O) groups excluding carboxylic acids is 1. The fraction of sp³-hybridized carbons (Fsp3) is 0.381. The highest BCUT2D eigenvalue weighted by Gasteiger charge is 2.30. The summed E-state index contributed by atoms with van der Waals surface area (Å²) < 4.78 is 18.6. The summed E-state index contributed by atoms with van der Waals surface area (Å²) in [6, 6.07) is 4.48. The molecule has 4 rings (SSSR count). The standard InChI is InChI=1S/C21H22ClFN4O2S/c1-27(7-8-29-2)21(28)12-3-5-14-17(9-12)30-20-18(14)19(24-11-25-20)26-13-4-6-16(23)15(22)10-13/h4,6,10-12H,3,5,7-9H2,1-2H3,(H,24,25,26). The number of thiophene rings is 1. The molecule has 1 aromatic carbocycles. The minimum atomic E-state index is -0.464. The molecule has 3 aromatic rings. The predicted molar refractivity (Wildman–Crippen MR) is 117 cm³/mol. The smallest absolute Gasteiger partial charge is 0.225 e. The van der Waals surface area contributed by atoms with Gasteiger partial charge in [-0.05, 0) is 43.0 Å². The normalized spacial score (nSPS) is 15.8. The van der Waals surface area contributed by atoms with Crippen molar-refractivity contribution in [3.8, 4) is 0 Å². The minimum absolute atomic E-state index is 0.0345. The Morgan fingerprint density at radius 2 is 2.27 bits per heavy atom. The van der Waals surface area contributed by atoms with E-state index in [0.29, 0.717) is 31.1 Å². The number of nitrogens with one attached hydrogen (secondary N) is 1. The van der Waals surface area contributed by atoms with Crippen LogP contribution >= 0.6 is 22.9 Å². The molecule has 9 heteroatoms. The lowest BCUT2D eigenvalue weighted by molar-refractivity contribution is -0.135. The summed E-state index contributed by atoms with van der Waals surface area (Å²) in [4.78, 5) is 25.4. The highest BCUT2D eigenvalue weighted by molar-refractivity contribution is 7.19. The average Bonchev–Trinajstić information content (AvgIpc) is 3.12. The van der Waals surface area contributed by atoms with Crippen LogP contribution in [0.5, 0.6) is 0 Å². The molecule has 1 N–H and O–H groups in total. The van der Waals surface area contributed by atoms with Gasteiger partial charge in [0, 0.05) is 37.2 Å². The lowest BCUT2D eigenvalue weighted by Gasteiger charge is -2.26. The number of aromatic nitrogens is 2. The molecule has 0 aliphatic heterocycles. The Morgan fingerprint density at radius 1 is 1.43 bits per heavy atom. The molecule has 0 bridgehead atoms. The molecule has 0 radical (unpaired) electrons. The Bertz CT molecular complexity index is 1090. The molecule has 30 heavy (non-hydrogen) atoms. The number of anilines is 2. The number of likely N-dealkylation sites (N-methyl/N-ethyl adjacent to an activating group) is 1. The van der Waals surface area contributed by atoms with Crippen molar-refractivity contribution in [1.29, 1.82) is 0 Å². The highest BCUT2D eigenvalue weighted by atomic mass is 35.5. The zero-order chi connectivity index (χ0) is 21.3. The van der Waals surface area contributed by atoms with Gasteiger partial charge < -0.3 is 15.0 Å². The summed E-state index contributed by atoms with van der Waals surface area (Å²) in [5.41, 5.74) is 1.85. The lowest BCUT2D eigenvalue weighted by atomic mass is 9.87. The minimum Gasteiger partial charge on any atom is -0.383 e. The van der Waals surface area contributed by atoms with Crippen LogP contribution in [0.1, 0.15) is 16.9 Å². The monoisotopic (exact) mass is 448 g/mol. The highest BCUT2D eigenvalue weighted by Crippen LogP contribution is 2.40. The number of ether oxygens (including phenoxy) is 1. The van der Waals surface area contributed by atoms with E-state index in [1.165, 1.54) is 28.9 Å². The lowest BCUT2D eigenvalue weighted by Crippen LogP contribution is -2.37. The number of rotatable bonds is 6. The molecular weight excluding hydrogens is 427 g/mol. The molecule has 0 spiro atoms. The zero-order valence-corrected chi connectivity index (χ0v) is 18.3. The van der Waals surface area contributed by atoms with Gasteiger partial charge in [-0.1, -0.05) is 11.6 Å². The van der Waals surface area contributed by atoms with Gasteiger partial charge in [-0.3, -0.25) is 4.79 Å². The summed E-state index contributed by atoms with van der Waals surface area (Å²) in [6.45, 7) is 1.12. The number of amides is 1. The first-order valence-corrected chi connectivity index (χ1v) is 10.9. The van der Waals surface area contributed by atoms with E-state index in [0.717, 1.165) is 23.1 Å². The number of nitrogens with zero attached hydrogens (tertiary/aromatic N) is 3. The maximum atomic E-state index is 13.5. The van der Waals surface area contributed by atoms with Gasteiger partial charge in [-0.25, -0.2) is 14.4 Å². The topological polar surface area (TPSA) is 67.3 Å². The largest absolute Gasteiger partial charge is 0.383 e. The average molecular weight is 449 g/mol. The van der Waals surface area contributed by atoms with Crippen molar-refractivity contribution in [3.63, 3.8) is 0 Å². The number of carbonyl (C=O) groups is 1.